The van der Waals surface area contributed by atoms with E-state index >= 15 is 0 Å². The first-order valence-electron chi connectivity index (χ1n) is 5.62. The van der Waals surface area contributed by atoms with Gasteiger partial charge in [-0.1, -0.05) is 15.9 Å². The number of nitrogens with one attached hydrogen (secondary N) is 1. The van der Waals surface area contributed by atoms with E-state index in [1.165, 1.54) is 0 Å². The second-order valence-electron chi connectivity index (χ2n) is 4.09. The lowest BCUT2D eigenvalue weighted by atomic mass is 10.0. The third kappa shape index (κ3) is 2.78. The molecule has 0 aliphatic heterocycles. The molecule has 0 aliphatic carbocycles. The number of carboxylic acid groups (broad SMARTS) is 1. The summed E-state index contributed by atoms with van der Waals surface area (Å²) in [5, 5.41) is 15.8. The Kier molecular flexibility index (Phi) is 3.90. The van der Waals surface area contributed by atoms with Crippen LogP contribution in [0.4, 0.5) is 0 Å². The van der Waals surface area contributed by atoms with Gasteiger partial charge in [0.25, 0.3) is 0 Å². The molecule has 100 valence electrons. The molecule has 0 fully saturated rings. The Morgan fingerprint density at radius 3 is 2.89 bits per heavy atom. The normalized spacial score (nSPS) is 10.5. The summed E-state index contributed by atoms with van der Waals surface area (Å²) in [6.07, 6.45) is -0.0743. The zero-order valence-corrected chi connectivity index (χ0v) is 12.1. The molecule has 2 rings (SSSR count). The van der Waals surface area contributed by atoms with Gasteiger partial charge in [0.15, 0.2) is 0 Å². The maximum absolute atomic E-state index is 10.8. The molecular formula is C13H13BrN2O3. The number of ether oxygens (including phenoxy) is 1. The van der Waals surface area contributed by atoms with Crippen LogP contribution in [0.3, 0.4) is 0 Å². The number of aromatic amines is 1. The number of hydrogen-bond acceptors (Lipinski definition) is 3. The molecule has 19 heavy (non-hydrogen) atoms. The van der Waals surface area contributed by atoms with Crippen molar-refractivity contribution in [3.05, 3.63) is 33.9 Å². The lowest BCUT2D eigenvalue weighted by Gasteiger charge is -2.07. The van der Waals surface area contributed by atoms with Crippen molar-refractivity contribution in [3.8, 4) is 17.0 Å². The van der Waals surface area contributed by atoms with Crippen molar-refractivity contribution >= 4 is 21.9 Å². The maximum atomic E-state index is 10.8. The molecule has 1 heterocycles. The number of nitrogens with zero attached hydrogens (tertiary/aromatic N) is 1. The average molecular weight is 325 g/mol. The molecule has 0 radical (unpaired) electrons. The Balaban J connectivity index is 2.50. The molecule has 0 saturated heterocycles. The number of rotatable bonds is 4. The van der Waals surface area contributed by atoms with E-state index in [1.54, 1.807) is 7.11 Å². The minimum atomic E-state index is -0.889. The molecule has 2 N–H and O–H groups in total. The fourth-order valence-electron chi connectivity index (χ4n) is 1.88. The van der Waals surface area contributed by atoms with Crippen LogP contribution >= 0.6 is 15.9 Å². The number of H-pyrrole nitrogens is 1. The Hall–Kier alpha value is -1.82. The van der Waals surface area contributed by atoms with Crippen molar-refractivity contribution < 1.29 is 14.6 Å². The number of hydrogen-bond donors (Lipinski definition) is 2. The van der Waals surface area contributed by atoms with Gasteiger partial charge < -0.3 is 9.84 Å². The lowest BCUT2D eigenvalue weighted by molar-refractivity contribution is -0.136. The molecule has 0 unspecified atom stereocenters. The molecular weight excluding hydrogens is 312 g/mol. The molecule has 2 aromatic rings. The molecule has 0 bridgehead atoms. The van der Waals surface area contributed by atoms with Crippen LogP contribution in [0.15, 0.2) is 22.7 Å². The Bertz CT molecular complexity index is 622. The van der Waals surface area contributed by atoms with Gasteiger partial charge >= 0.3 is 5.97 Å². The summed E-state index contributed by atoms with van der Waals surface area (Å²) >= 11 is 3.41. The monoisotopic (exact) mass is 324 g/mol. The average Bonchev–Trinajstić information content (AvgIpc) is 2.70. The van der Waals surface area contributed by atoms with Crippen LogP contribution in [0.1, 0.15) is 11.3 Å². The molecule has 1 aromatic carbocycles. The van der Waals surface area contributed by atoms with E-state index in [2.05, 4.69) is 26.1 Å². The number of carboxylic acids is 1. The lowest BCUT2D eigenvalue weighted by Crippen LogP contribution is -2.01. The van der Waals surface area contributed by atoms with Gasteiger partial charge in [-0.15, -0.1) is 0 Å². The van der Waals surface area contributed by atoms with Gasteiger partial charge in [-0.05, 0) is 30.7 Å². The van der Waals surface area contributed by atoms with Gasteiger partial charge in [0.1, 0.15) is 5.75 Å². The molecule has 5 nitrogen and oxygen atoms in total. The quantitative estimate of drug-likeness (QED) is 0.906. The summed E-state index contributed by atoms with van der Waals surface area (Å²) in [5.41, 5.74) is 2.94. The van der Waals surface area contributed by atoms with E-state index in [9.17, 15) is 4.79 Å². The van der Waals surface area contributed by atoms with Gasteiger partial charge in [-0.2, -0.15) is 5.10 Å². The van der Waals surface area contributed by atoms with Crippen molar-refractivity contribution in [1.82, 2.24) is 10.2 Å². The van der Waals surface area contributed by atoms with Crippen LogP contribution < -0.4 is 4.74 Å². The largest absolute Gasteiger partial charge is 0.496 e. The fraction of sp³-hybridized carbons (Fsp3) is 0.231. The zero-order valence-electron chi connectivity index (χ0n) is 10.5. The van der Waals surface area contributed by atoms with Crippen molar-refractivity contribution in [1.29, 1.82) is 0 Å². The SMILES string of the molecule is COc1ccc(Br)cc1-c1n[nH]c(CC(=O)O)c1C. The third-order valence-corrected chi connectivity index (χ3v) is 3.35. The Morgan fingerprint density at radius 1 is 1.53 bits per heavy atom. The van der Waals surface area contributed by atoms with Crippen molar-refractivity contribution in [2.45, 2.75) is 13.3 Å². The van der Waals surface area contributed by atoms with E-state index in [0.29, 0.717) is 17.1 Å². The van der Waals surface area contributed by atoms with Gasteiger partial charge in [-0.25, -0.2) is 0 Å². The number of aromatic nitrogens is 2. The molecule has 1 aromatic heterocycles. The van der Waals surface area contributed by atoms with E-state index in [0.717, 1.165) is 15.6 Å². The number of carbonyl (C=O) groups is 1. The molecule has 0 atom stereocenters. The van der Waals surface area contributed by atoms with Crippen LogP contribution in [-0.4, -0.2) is 28.4 Å². The van der Waals surface area contributed by atoms with Crippen LogP contribution in [-0.2, 0) is 11.2 Å². The number of benzene rings is 1. The summed E-state index contributed by atoms with van der Waals surface area (Å²) < 4.78 is 6.22. The van der Waals surface area contributed by atoms with Crippen molar-refractivity contribution in [3.63, 3.8) is 0 Å². The first kappa shape index (κ1) is 13.6. The summed E-state index contributed by atoms with van der Waals surface area (Å²) in [7, 11) is 1.59. The van der Waals surface area contributed by atoms with Crippen molar-refractivity contribution in [2.75, 3.05) is 7.11 Å². The molecule has 0 aliphatic rings. The van der Waals surface area contributed by atoms with Crippen molar-refractivity contribution in [2.24, 2.45) is 0 Å². The highest BCUT2D eigenvalue weighted by molar-refractivity contribution is 9.10. The number of methoxy groups -OCH3 is 1. The van der Waals surface area contributed by atoms with Crippen LogP contribution in [0.5, 0.6) is 5.75 Å². The standard InChI is InChI=1S/C13H13BrN2O3/c1-7-10(6-12(17)18)15-16-13(7)9-5-8(14)3-4-11(9)19-2/h3-5H,6H2,1-2H3,(H,15,16)(H,17,18). The molecule has 0 saturated carbocycles. The topological polar surface area (TPSA) is 75.2 Å². The van der Waals surface area contributed by atoms with Crippen LogP contribution in [0.25, 0.3) is 11.3 Å². The first-order chi connectivity index (χ1) is 9.02. The van der Waals surface area contributed by atoms with Gasteiger partial charge in [0, 0.05) is 15.7 Å². The van der Waals surface area contributed by atoms with E-state index < -0.39 is 5.97 Å². The fourth-order valence-corrected chi connectivity index (χ4v) is 2.25. The summed E-state index contributed by atoms with van der Waals surface area (Å²) in [6.45, 7) is 1.84. The van der Waals surface area contributed by atoms with Crippen LogP contribution in [0, 0.1) is 6.92 Å². The highest BCUT2D eigenvalue weighted by Gasteiger charge is 2.16. The summed E-state index contributed by atoms with van der Waals surface area (Å²) in [4.78, 5) is 10.8. The van der Waals surface area contributed by atoms with Gasteiger partial charge in [0.05, 0.1) is 19.2 Å². The van der Waals surface area contributed by atoms with E-state index in [4.69, 9.17) is 9.84 Å². The highest BCUT2D eigenvalue weighted by Crippen LogP contribution is 2.34. The Morgan fingerprint density at radius 2 is 2.26 bits per heavy atom. The van der Waals surface area contributed by atoms with Crippen LogP contribution in [0.2, 0.25) is 0 Å². The highest BCUT2D eigenvalue weighted by atomic mass is 79.9. The van der Waals surface area contributed by atoms with Gasteiger partial charge in [0.2, 0.25) is 0 Å². The molecule has 6 heteroatoms. The Labute approximate surface area is 118 Å². The van der Waals surface area contributed by atoms with E-state index in [-0.39, 0.29) is 6.42 Å². The summed E-state index contributed by atoms with van der Waals surface area (Å²) in [5.74, 6) is -0.195. The molecule has 0 amide bonds. The smallest absolute Gasteiger partial charge is 0.309 e. The maximum Gasteiger partial charge on any atom is 0.309 e. The minimum absolute atomic E-state index is 0.0743. The second kappa shape index (κ2) is 5.44. The van der Waals surface area contributed by atoms with Gasteiger partial charge in [-0.3, -0.25) is 9.89 Å². The summed E-state index contributed by atoms with van der Waals surface area (Å²) in [6, 6.07) is 5.61. The minimum Gasteiger partial charge on any atom is -0.496 e. The van der Waals surface area contributed by atoms with E-state index in [1.807, 2.05) is 25.1 Å². The predicted molar refractivity (Wildman–Crippen MR) is 74.4 cm³/mol. The first-order valence-corrected chi connectivity index (χ1v) is 6.41. The number of aliphatic carboxylic acids is 1. The predicted octanol–water partition coefficient (Wildman–Crippen LogP) is 2.78. The molecule has 0 spiro atoms. The third-order valence-electron chi connectivity index (χ3n) is 2.86. The second-order valence-corrected chi connectivity index (χ2v) is 5.01. The number of halogens is 1. The zero-order chi connectivity index (χ0) is 14.0.